The van der Waals surface area contributed by atoms with E-state index in [0.717, 1.165) is 60.3 Å². The second kappa shape index (κ2) is 15.9. The summed E-state index contributed by atoms with van der Waals surface area (Å²) in [7, 11) is 3.27. The van der Waals surface area contributed by atoms with Crippen LogP contribution in [0.2, 0.25) is 0 Å². The lowest BCUT2D eigenvalue weighted by Crippen LogP contribution is -2.64. The third kappa shape index (κ3) is 7.06. The van der Waals surface area contributed by atoms with Gasteiger partial charge in [0.1, 0.15) is 22.9 Å². The van der Waals surface area contributed by atoms with E-state index in [4.69, 9.17) is 14.2 Å². The summed E-state index contributed by atoms with van der Waals surface area (Å²) < 4.78 is 17.9. The molecule has 3 N–H and O–H groups in total. The van der Waals surface area contributed by atoms with E-state index < -0.39 is 23.9 Å². The first-order valence-corrected chi connectivity index (χ1v) is 20.3. The first kappa shape index (κ1) is 39.3. The number of hydrogen-bond donors (Lipinski definition) is 3. The molecular weight excluding hydrogens is 695 g/mol. The molecule has 3 aromatic rings. The van der Waals surface area contributed by atoms with Crippen LogP contribution in [-0.4, -0.2) is 77.7 Å². The maximum atomic E-state index is 13.2. The normalized spacial score (nSPS) is 30.8. The molecule has 4 fully saturated rings. The maximum absolute atomic E-state index is 13.2. The number of carbonyl (C=O) groups is 2. The number of methoxy groups -OCH3 is 2. The number of carbonyl (C=O) groups excluding carboxylic acids is 1. The predicted octanol–water partition coefficient (Wildman–Crippen LogP) is 8.08. The van der Waals surface area contributed by atoms with Crippen molar-refractivity contribution in [2.75, 3.05) is 27.4 Å². The number of ketones is 1. The van der Waals surface area contributed by atoms with Crippen molar-refractivity contribution < 1.29 is 39.1 Å². The SMILES string of the molecule is COc1ccc(C(OCCC(O)CCN(C(=O)O)C2C[C@@H](O)CC3CCC4C(CC[C@]5(C)C(=O)CC[C@@H]45)[C@]32C)(c2ccccc2)c2ccc(OC)cc2)cc1. The molecular formula is C46H59NO8. The minimum absolute atomic E-state index is 0.161. The second-order valence-electron chi connectivity index (χ2n) is 17.1. The monoisotopic (exact) mass is 753 g/mol. The third-order valence-corrected chi connectivity index (χ3v) is 14.7. The molecule has 4 aliphatic carbocycles. The Morgan fingerprint density at radius 2 is 1.45 bits per heavy atom. The molecule has 5 unspecified atom stereocenters. The highest BCUT2D eigenvalue weighted by atomic mass is 16.5. The molecule has 0 saturated heterocycles. The number of rotatable bonds is 13. The molecule has 0 bridgehead atoms. The standard InChI is InChI=1S/C46H59NO8/c1-44-25-22-40-38(39(44)20-21-42(44)50)19-14-33-28-35(49)29-41(45(33,40)2)47(43(51)52)26-23-34(48)24-27-55-46(30-8-6-5-7-9-30,31-10-15-36(53-3)16-11-31)32-12-17-37(54-4)18-13-32/h5-13,15-18,33-35,38-41,48-49H,14,19-29H2,1-4H3,(H,51,52)/t33?,34?,35-,38?,39-,40?,41?,44-,45-/m0/s1. The summed E-state index contributed by atoms with van der Waals surface area (Å²) in [5.41, 5.74) is 1.12. The molecule has 296 valence electrons. The zero-order chi connectivity index (χ0) is 39.0. The summed E-state index contributed by atoms with van der Waals surface area (Å²) in [5, 5.41) is 33.4. The molecule has 0 aliphatic heterocycles. The smallest absolute Gasteiger partial charge is 0.407 e. The summed E-state index contributed by atoms with van der Waals surface area (Å²) in [4.78, 5) is 27.7. The van der Waals surface area contributed by atoms with Gasteiger partial charge in [-0.3, -0.25) is 4.79 Å². The average molecular weight is 754 g/mol. The fourth-order valence-corrected chi connectivity index (χ4v) is 11.8. The first-order chi connectivity index (χ1) is 26.4. The van der Waals surface area contributed by atoms with Gasteiger partial charge in [-0.1, -0.05) is 68.4 Å². The lowest BCUT2D eigenvalue weighted by molar-refractivity contribution is -0.161. The van der Waals surface area contributed by atoms with Gasteiger partial charge in [-0.25, -0.2) is 4.79 Å². The van der Waals surface area contributed by atoms with Crippen molar-refractivity contribution in [3.8, 4) is 11.5 Å². The minimum Gasteiger partial charge on any atom is -0.497 e. The van der Waals surface area contributed by atoms with E-state index in [-0.39, 0.29) is 42.4 Å². The van der Waals surface area contributed by atoms with Crippen molar-refractivity contribution in [2.24, 2.45) is 34.5 Å². The molecule has 55 heavy (non-hydrogen) atoms. The molecule has 0 aromatic heterocycles. The summed E-state index contributed by atoms with van der Waals surface area (Å²) >= 11 is 0. The number of fused-ring (bicyclic) bond motifs is 5. The van der Waals surface area contributed by atoms with Gasteiger partial charge in [0.05, 0.1) is 33.0 Å². The third-order valence-electron chi connectivity index (χ3n) is 14.7. The number of aliphatic hydroxyl groups is 2. The van der Waals surface area contributed by atoms with Crippen LogP contribution in [0.5, 0.6) is 11.5 Å². The van der Waals surface area contributed by atoms with E-state index >= 15 is 0 Å². The topological polar surface area (TPSA) is 126 Å². The second-order valence-corrected chi connectivity index (χ2v) is 17.1. The number of hydrogen-bond acceptors (Lipinski definition) is 7. The molecule has 9 atom stereocenters. The van der Waals surface area contributed by atoms with Gasteiger partial charge in [-0.15, -0.1) is 0 Å². The first-order valence-electron chi connectivity index (χ1n) is 20.3. The van der Waals surface area contributed by atoms with Gasteiger partial charge in [0, 0.05) is 24.4 Å². The van der Waals surface area contributed by atoms with Crippen molar-refractivity contribution in [1.82, 2.24) is 4.90 Å². The molecule has 0 spiro atoms. The van der Waals surface area contributed by atoms with Gasteiger partial charge in [-0.05, 0) is 128 Å². The Bertz CT molecular complexity index is 1730. The fourth-order valence-electron chi connectivity index (χ4n) is 11.8. The van der Waals surface area contributed by atoms with Gasteiger partial charge in [0.15, 0.2) is 0 Å². The molecule has 4 aliphatic rings. The quantitative estimate of drug-likeness (QED) is 0.150. The van der Waals surface area contributed by atoms with Crippen molar-refractivity contribution in [2.45, 2.75) is 102 Å². The van der Waals surface area contributed by atoms with Gasteiger partial charge >= 0.3 is 6.09 Å². The van der Waals surface area contributed by atoms with Crippen LogP contribution < -0.4 is 9.47 Å². The highest BCUT2D eigenvalue weighted by Crippen LogP contribution is 2.66. The Morgan fingerprint density at radius 1 is 0.836 bits per heavy atom. The lowest BCUT2D eigenvalue weighted by Gasteiger charge is -2.63. The van der Waals surface area contributed by atoms with Crippen LogP contribution in [0.3, 0.4) is 0 Å². The Kier molecular flexibility index (Phi) is 11.4. The number of aliphatic hydroxyl groups excluding tert-OH is 2. The Hall–Kier alpha value is -3.92. The van der Waals surface area contributed by atoms with Crippen LogP contribution >= 0.6 is 0 Å². The summed E-state index contributed by atoms with van der Waals surface area (Å²) in [6, 6.07) is 25.3. The van der Waals surface area contributed by atoms with Crippen LogP contribution in [0.1, 0.15) is 94.7 Å². The van der Waals surface area contributed by atoms with Crippen molar-refractivity contribution in [3.63, 3.8) is 0 Å². The van der Waals surface area contributed by atoms with Crippen LogP contribution in [-0.2, 0) is 15.1 Å². The Balaban J connectivity index is 1.10. The van der Waals surface area contributed by atoms with E-state index in [0.29, 0.717) is 49.2 Å². The largest absolute Gasteiger partial charge is 0.497 e. The van der Waals surface area contributed by atoms with Gasteiger partial charge in [0.2, 0.25) is 0 Å². The molecule has 9 nitrogen and oxygen atoms in total. The number of carboxylic acid groups (broad SMARTS) is 1. The lowest BCUT2D eigenvalue weighted by atomic mass is 9.44. The minimum atomic E-state index is -1.02. The van der Waals surface area contributed by atoms with Gasteiger partial charge in [-0.2, -0.15) is 0 Å². The van der Waals surface area contributed by atoms with Crippen molar-refractivity contribution >= 4 is 11.9 Å². The highest BCUT2D eigenvalue weighted by molar-refractivity contribution is 5.87. The summed E-state index contributed by atoms with van der Waals surface area (Å²) in [6.45, 7) is 4.82. The van der Waals surface area contributed by atoms with E-state index in [9.17, 15) is 24.9 Å². The summed E-state index contributed by atoms with van der Waals surface area (Å²) in [5.74, 6) is 3.11. The molecule has 0 radical (unpaired) electrons. The van der Waals surface area contributed by atoms with E-state index in [1.165, 1.54) is 0 Å². The van der Waals surface area contributed by atoms with Crippen LogP contribution in [0, 0.1) is 34.5 Å². The number of Topliss-reactive ketones (excluding diaryl/α,β-unsaturated/α-hetero) is 1. The van der Waals surface area contributed by atoms with E-state index in [1.807, 2.05) is 78.9 Å². The number of ether oxygens (including phenoxy) is 3. The number of nitrogens with zero attached hydrogens (tertiary/aromatic N) is 1. The van der Waals surface area contributed by atoms with E-state index in [2.05, 4.69) is 13.8 Å². The number of amides is 1. The molecule has 7 rings (SSSR count). The average Bonchev–Trinajstić information content (AvgIpc) is 3.51. The van der Waals surface area contributed by atoms with Gasteiger partial charge in [0.25, 0.3) is 0 Å². The van der Waals surface area contributed by atoms with Crippen molar-refractivity contribution in [3.05, 3.63) is 95.6 Å². The van der Waals surface area contributed by atoms with E-state index in [1.54, 1.807) is 19.1 Å². The zero-order valence-electron chi connectivity index (χ0n) is 32.9. The summed E-state index contributed by atoms with van der Waals surface area (Å²) in [6.07, 6.45) is 4.59. The van der Waals surface area contributed by atoms with Crippen LogP contribution in [0.4, 0.5) is 4.79 Å². The Morgan fingerprint density at radius 3 is 2.05 bits per heavy atom. The fraction of sp³-hybridized carbons (Fsp3) is 0.565. The highest BCUT2D eigenvalue weighted by Gasteiger charge is 2.63. The predicted molar refractivity (Wildman–Crippen MR) is 210 cm³/mol. The maximum Gasteiger partial charge on any atom is 0.407 e. The van der Waals surface area contributed by atoms with Crippen LogP contribution in [0.15, 0.2) is 78.9 Å². The number of benzene rings is 3. The molecule has 0 heterocycles. The van der Waals surface area contributed by atoms with Gasteiger partial charge < -0.3 is 34.4 Å². The molecule has 4 saturated carbocycles. The molecule has 3 aromatic carbocycles. The Labute approximate surface area is 326 Å². The zero-order valence-corrected chi connectivity index (χ0v) is 32.9. The van der Waals surface area contributed by atoms with Crippen molar-refractivity contribution in [1.29, 1.82) is 0 Å². The van der Waals surface area contributed by atoms with Crippen LogP contribution in [0.25, 0.3) is 0 Å². The molecule has 1 amide bonds. The molecule has 9 heteroatoms.